The van der Waals surface area contributed by atoms with Crippen LogP contribution in [0.4, 0.5) is 0 Å². The third-order valence-corrected chi connectivity index (χ3v) is 9.02. The van der Waals surface area contributed by atoms with Crippen molar-refractivity contribution in [2.75, 3.05) is 19.8 Å². The molecule has 45 heavy (non-hydrogen) atoms. The second kappa shape index (κ2) is 14.3. The highest BCUT2D eigenvalue weighted by atomic mass is 16.5. The fraction of sp³-hybridized carbons (Fsp3) is 0.432. The lowest BCUT2D eigenvalue weighted by molar-refractivity contribution is -0.133. The molecule has 2 aliphatic rings. The summed E-state index contributed by atoms with van der Waals surface area (Å²) in [6.07, 6.45) is 3.99. The number of benzene rings is 3. The minimum absolute atomic E-state index is 0.0782. The Morgan fingerprint density at radius 1 is 0.756 bits per heavy atom. The number of hydrogen-bond acceptors (Lipinski definition) is 8. The van der Waals surface area contributed by atoms with Gasteiger partial charge in [0.2, 0.25) is 0 Å². The maximum absolute atomic E-state index is 12.9. The number of hydrogen-bond donors (Lipinski definition) is 0. The lowest BCUT2D eigenvalue weighted by Crippen LogP contribution is -2.46. The van der Waals surface area contributed by atoms with Crippen LogP contribution in [0.5, 0.6) is 17.2 Å². The van der Waals surface area contributed by atoms with Crippen molar-refractivity contribution < 1.29 is 38.1 Å². The van der Waals surface area contributed by atoms with Crippen LogP contribution in [0.15, 0.2) is 72.8 Å². The van der Waals surface area contributed by atoms with Crippen molar-refractivity contribution in [2.24, 2.45) is 23.2 Å². The second-order valence-corrected chi connectivity index (χ2v) is 12.8. The van der Waals surface area contributed by atoms with Gasteiger partial charge in [-0.3, -0.25) is 0 Å². The van der Waals surface area contributed by atoms with Crippen LogP contribution in [0.25, 0.3) is 0 Å². The molecule has 1 aliphatic heterocycles. The Hall–Kier alpha value is -4.17. The van der Waals surface area contributed by atoms with Crippen LogP contribution in [0.3, 0.4) is 0 Å². The Kier molecular flexibility index (Phi) is 10.2. The van der Waals surface area contributed by atoms with Crippen molar-refractivity contribution in [3.8, 4) is 17.2 Å². The molecular weight excluding hydrogens is 572 g/mol. The average molecular weight is 615 g/mol. The molecule has 1 heterocycles. The first kappa shape index (κ1) is 32.2. The zero-order valence-electron chi connectivity index (χ0n) is 26.5. The molecule has 1 saturated carbocycles. The molecule has 0 amide bonds. The van der Waals surface area contributed by atoms with E-state index in [1.807, 2.05) is 0 Å². The van der Waals surface area contributed by atoms with Gasteiger partial charge in [-0.05, 0) is 110 Å². The molecule has 8 heteroatoms. The molecule has 3 unspecified atom stereocenters. The van der Waals surface area contributed by atoms with Gasteiger partial charge in [-0.25, -0.2) is 14.4 Å². The summed E-state index contributed by atoms with van der Waals surface area (Å²) in [7, 11) is 0. The summed E-state index contributed by atoms with van der Waals surface area (Å²) in [6, 6.07) is 19.3. The summed E-state index contributed by atoms with van der Waals surface area (Å²) in [4.78, 5) is 38.3. The Labute approximate surface area is 265 Å². The predicted octanol–water partition coefficient (Wildman–Crippen LogP) is 7.55. The molecule has 8 nitrogen and oxygen atoms in total. The Bertz CT molecular complexity index is 1450. The van der Waals surface area contributed by atoms with Crippen molar-refractivity contribution >= 4 is 17.9 Å². The van der Waals surface area contributed by atoms with E-state index in [1.165, 1.54) is 24.3 Å². The third kappa shape index (κ3) is 8.11. The molecular formula is C37H42O8. The third-order valence-electron chi connectivity index (χ3n) is 9.02. The van der Waals surface area contributed by atoms with Gasteiger partial charge < -0.3 is 23.7 Å². The highest BCUT2D eigenvalue weighted by Crippen LogP contribution is 2.36. The van der Waals surface area contributed by atoms with E-state index >= 15 is 0 Å². The quantitative estimate of drug-likeness (QED) is 0.161. The van der Waals surface area contributed by atoms with Gasteiger partial charge >= 0.3 is 17.9 Å². The summed E-state index contributed by atoms with van der Waals surface area (Å²) in [5, 5.41) is 0. The molecule has 1 aliphatic carbocycles. The molecule has 5 rings (SSSR count). The van der Waals surface area contributed by atoms with E-state index in [2.05, 4.69) is 27.7 Å². The van der Waals surface area contributed by atoms with Crippen molar-refractivity contribution in [3.63, 3.8) is 0 Å². The molecule has 0 spiro atoms. The van der Waals surface area contributed by atoms with Gasteiger partial charge in [0.1, 0.15) is 23.4 Å². The highest BCUT2D eigenvalue weighted by Gasteiger charge is 2.37. The van der Waals surface area contributed by atoms with Crippen molar-refractivity contribution in [1.82, 2.24) is 0 Å². The van der Waals surface area contributed by atoms with Crippen LogP contribution in [0.1, 0.15) is 84.5 Å². The summed E-state index contributed by atoms with van der Waals surface area (Å²) in [5.74, 6) is 1.20. The van der Waals surface area contributed by atoms with Crippen LogP contribution in [-0.4, -0.2) is 43.8 Å². The first-order valence-electron chi connectivity index (χ1n) is 15.8. The number of ether oxygens (including phenoxy) is 5. The van der Waals surface area contributed by atoms with Crippen LogP contribution >= 0.6 is 0 Å². The lowest BCUT2D eigenvalue weighted by Gasteiger charge is -2.40. The summed E-state index contributed by atoms with van der Waals surface area (Å²) in [5.41, 5.74) is 1.05. The topological polar surface area (TPSA) is 97.4 Å². The van der Waals surface area contributed by atoms with Crippen LogP contribution in [0.2, 0.25) is 0 Å². The van der Waals surface area contributed by atoms with E-state index in [0.717, 1.165) is 25.7 Å². The minimum atomic E-state index is -0.588. The van der Waals surface area contributed by atoms with Gasteiger partial charge in [0.25, 0.3) is 0 Å². The Morgan fingerprint density at radius 3 is 1.73 bits per heavy atom. The van der Waals surface area contributed by atoms with E-state index in [1.54, 1.807) is 48.5 Å². The maximum atomic E-state index is 12.9. The van der Waals surface area contributed by atoms with Gasteiger partial charge in [0.15, 0.2) is 0 Å². The predicted molar refractivity (Wildman–Crippen MR) is 169 cm³/mol. The summed E-state index contributed by atoms with van der Waals surface area (Å²) < 4.78 is 28.1. The normalized spacial score (nSPS) is 20.5. The monoisotopic (exact) mass is 614 g/mol. The van der Waals surface area contributed by atoms with Crippen molar-refractivity contribution in [3.05, 3.63) is 89.5 Å². The van der Waals surface area contributed by atoms with Crippen molar-refractivity contribution in [1.29, 1.82) is 0 Å². The highest BCUT2D eigenvalue weighted by molar-refractivity contribution is 5.95. The standard InChI is InChI=1S/C37H42O8/c1-5-37(21-41-22-37)23-42-29-15-17-31(18-16-29)44-35(39)27-9-7-26(8-10-27)34(38)43-30-13-11-28(12-14-30)36(40)45-33-20-25(4)6-19-32(33)24(2)3/h7-18,24-25,32-33H,5-6,19-23H2,1-4H3. The van der Waals surface area contributed by atoms with Crippen LogP contribution in [0, 0.1) is 23.2 Å². The number of carbonyl (C=O) groups is 3. The van der Waals surface area contributed by atoms with Crippen LogP contribution < -0.4 is 14.2 Å². The van der Waals surface area contributed by atoms with Crippen molar-refractivity contribution in [2.45, 2.75) is 59.5 Å². The molecule has 3 aromatic carbocycles. The number of esters is 3. The van der Waals surface area contributed by atoms with E-state index in [4.69, 9.17) is 23.7 Å². The molecule has 1 saturated heterocycles. The fourth-order valence-corrected chi connectivity index (χ4v) is 5.81. The summed E-state index contributed by atoms with van der Waals surface area (Å²) >= 11 is 0. The zero-order valence-corrected chi connectivity index (χ0v) is 26.5. The molecule has 0 radical (unpaired) electrons. The average Bonchev–Trinajstić information content (AvgIpc) is 3.02. The molecule has 2 fully saturated rings. The van der Waals surface area contributed by atoms with Gasteiger partial charge in [0.05, 0.1) is 41.9 Å². The smallest absolute Gasteiger partial charge is 0.343 e. The largest absolute Gasteiger partial charge is 0.493 e. The number of rotatable bonds is 11. The van der Waals surface area contributed by atoms with E-state index in [0.29, 0.717) is 60.4 Å². The van der Waals surface area contributed by atoms with E-state index in [-0.39, 0.29) is 28.6 Å². The van der Waals surface area contributed by atoms with Crippen LogP contribution in [-0.2, 0) is 9.47 Å². The fourth-order valence-electron chi connectivity index (χ4n) is 5.81. The molecule has 0 bridgehead atoms. The SMILES string of the molecule is CCC1(COc2ccc(OC(=O)c3ccc(C(=O)Oc4ccc(C(=O)OC5CC(C)CCC5C(C)C)cc4)cc3)cc2)COC1. The Morgan fingerprint density at radius 2 is 1.24 bits per heavy atom. The molecule has 3 aromatic rings. The van der Waals surface area contributed by atoms with Gasteiger partial charge in [-0.1, -0.05) is 34.1 Å². The minimum Gasteiger partial charge on any atom is -0.493 e. The Balaban J connectivity index is 1.10. The van der Waals surface area contributed by atoms with Gasteiger partial charge in [-0.15, -0.1) is 0 Å². The maximum Gasteiger partial charge on any atom is 0.343 e. The first-order valence-corrected chi connectivity index (χ1v) is 15.8. The number of carbonyl (C=O) groups excluding carboxylic acids is 3. The lowest BCUT2D eigenvalue weighted by atomic mass is 9.75. The van der Waals surface area contributed by atoms with Gasteiger partial charge in [0, 0.05) is 0 Å². The van der Waals surface area contributed by atoms with E-state index in [9.17, 15) is 14.4 Å². The first-order chi connectivity index (χ1) is 21.6. The second-order valence-electron chi connectivity index (χ2n) is 12.8. The van der Waals surface area contributed by atoms with Gasteiger partial charge in [-0.2, -0.15) is 0 Å². The summed E-state index contributed by atoms with van der Waals surface area (Å²) in [6.45, 7) is 10.7. The molecule has 238 valence electrons. The molecule has 0 N–H and O–H groups in total. The van der Waals surface area contributed by atoms with E-state index < -0.39 is 11.9 Å². The molecule has 3 atom stereocenters. The molecule has 0 aromatic heterocycles. The zero-order chi connectivity index (χ0) is 32.0.